The van der Waals surface area contributed by atoms with Crippen LogP contribution in [-0.2, 0) is 11.2 Å². The number of anilines is 1. The highest BCUT2D eigenvalue weighted by Gasteiger charge is 2.21. The van der Waals surface area contributed by atoms with Crippen LogP contribution < -0.4 is 10.4 Å². The zero-order valence-corrected chi connectivity index (χ0v) is 17.2. The van der Waals surface area contributed by atoms with Crippen molar-refractivity contribution in [3.05, 3.63) is 99.4 Å². The highest BCUT2D eigenvalue weighted by Crippen LogP contribution is 2.27. The molecule has 8 heteroatoms. The first-order chi connectivity index (χ1) is 15.3. The second-order valence-corrected chi connectivity index (χ2v) is 7.28. The van der Waals surface area contributed by atoms with Gasteiger partial charge in [-0.15, -0.1) is 0 Å². The van der Waals surface area contributed by atoms with E-state index in [4.69, 9.17) is 0 Å². The Morgan fingerprint density at radius 3 is 2.38 bits per heavy atom. The van der Waals surface area contributed by atoms with Crippen LogP contribution >= 0.6 is 0 Å². The topological polar surface area (TPSA) is 112 Å². The largest absolute Gasteiger partial charge is 0.545 e. The second-order valence-electron chi connectivity index (χ2n) is 7.28. The average molecular weight is 435 g/mol. The minimum Gasteiger partial charge on any atom is -0.545 e. The number of aromatic carboxylic acids is 1. The third kappa shape index (κ3) is 5.34. The summed E-state index contributed by atoms with van der Waals surface area (Å²) in [6, 6.07) is 16.1. The SMILES string of the molecule is CC(c1ccc(C(=O)[O-])cc1NC(=O)CCc1ccc(-c2ccccc2F)cc1)[N+](=O)[O-]. The van der Waals surface area contributed by atoms with E-state index in [1.807, 2.05) is 0 Å². The van der Waals surface area contributed by atoms with E-state index in [9.17, 15) is 29.2 Å². The van der Waals surface area contributed by atoms with Crippen LogP contribution in [0.2, 0.25) is 0 Å². The fourth-order valence-corrected chi connectivity index (χ4v) is 3.29. The summed E-state index contributed by atoms with van der Waals surface area (Å²) in [5.41, 5.74) is 2.12. The van der Waals surface area contributed by atoms with Crippen LogP contribution in [0.1, 0.15) is 40.9 Å². The maximum absolute atomic E-state index is 13.9. The fraction of sp³-hybridized carbons (Fsp3) is 0.167. The number of hydrogen-bond acceptors (Lipinski definition) is 5. The number of amides is 1. The molecule has 3 aromatic rings. The third-order valence-electron chi connectivity index (χ3n) is 5.11. The predicted molar refractivity (Wildman–Crippen MR) is 115 cm³/mol. The zero-order chi connectivity index (χ0) is 23.3. The van der Waals surface area contributed by atoms with Crippen LogP contribution in [0.25, 0.3) is 11.1 Å². The number of carboxylic acids is 1. The number of rotatable bonds is 8. The molecule has 0 heterocycles. The van der Waals surface area contributed by atoms with Crippen molar-refractivity contribution in [2.75, 3.05) is 5.32 Å². The minimum absolute atomic E-state index is 0.0656. The van der Waals surface area contributed by atoms with Gasteiger partial charge in [-0.05, 0) is 41.3 Å². The molecular weight excluding hydrogens is 415 g/mol. The van der Waals surface area contributed by atoms with Gasteiger partial charge < -0.3 is 15.2 Å². The van der Waals surface area contributed by atoms with E-state index in [2.05, 4.69) is 5.32 Å². The van der Waals surface area contributed by atoms with Crippen LogP contribution in [0.3, 0.4) is 0 Å². The van der Waals surface area contributed by atoms with Crippen LogP contribution in [0.5, 0.6) is 0 Å². The summed E-state index contributed by atoms with van der Waals surface area (Å²) in [7, 11) is 0. The molecule has 0 fully saturated rings. The van der Waals surface area contributed by atoms with Gasteiger partial charge in [-0.25, -0.2) is 4.39 Å². The number of hydrogen-bond donors (Lipinski definition) is 1. The minimum atomic E-state index is -1.45. The quantitative estimate of drug-likeness (QED) is 0.428. The molecule has 3 aromatic carbocycles. The molecule has 32 heavy (non-hydrogen) atoms. The summed E-state index contributed by atoms with van der Waals surface area (Å²) in [6.45, 7) is 1.35. The van der Waals surface area contributed by atoms with Crippen molar-refractivity contribution < 1.29 is 24.0 Å². The molecule has 0 aliphatic rings. The smallest absolute Gasteiger partial charge is 0.237 e. The number of carbonyl (C=O) groups excluding carboxylic acids is 2. The van der Waals surface area contributed by atoms with Crippen molar-refractivity contribution in [1.82, 2.24) is 0 Å². The van der Waals surface area contributed by atoms with Crippen molar-refractivity contribution in [1.29, 1.82) is 0 Å². The number of nitrogens with one attached hydrogen (secondary N) is 1. The molecule has 1 amide bonds. The molecule has 0 radical (unpaired) electrons. The van der Waals surface area contributed by atoms with Crippen molar-refractivity contribution in [2.24, 2.45) is 0 Å². The summed E-state index contributed by atoms with van der Waals surface area (Å²) in [5.74, 6) is -2.19. The van der Waals surface area contributed by atoms with Crippen LogP contribution in [0.15, 0.2) is 66.7 Å². The summed E-state index contributed by atoms with van der Waals surface area (Å²) in [4.78, 5) is 34.2. The molecule has 7 nitrogen and oxygen atoms in total. The van der Waals surface area contributed by atoms with Gasteiger partial charge in [-0.3, -0.25) is 14.9 Å². The lowest BCUT2D eigenvalue weighted by molar-refractivity contribution is -0.524. The van der Waals surface area contributed by atoms with E-state index in [1.165, 1.54) is 25.1 Å². The summed E-state index contributed by atoms with van der Waals surface area (Å²) < 4.78 is 13.9. The summed E-state index contributed by atoms with van der Waals surface area (Å²) in [5, 5.41) is 24.9. The van der Waals surface area contributed by atoms with Crippen LogP contribution in [0.4, 0.5) is 10.1 Å². The molecule has 0 saturated heterocycles. The van der Waals surface area contributed by atoms with Gasteiger partial charge in [0, 0.05) is 29.4 Å². The Morgan fingerprint density at radius 1 is 1.06 bits per heavy atom. The van der Waals surface area contributed by atoms with Gasteiger partial charge in [-0.1, -0.05) is 48.5 Å². The Hall–Kier alpha value is -4.07. The molecular formula is C24H20FN2O5-. The fourth-order valence-electron chi connectivity index (χ4n) is 3.29. The van der Waals surface area contributed by atoms with Gasteiger partial charge in [0.15, 0.2) is 0 Å². The Bertz CT molecular complexity index is 1160. The van der Waals surface area contributed by atoms with E-state index in [-0.39, 0.29) is 29.1 Å². The van der Waals surface area contributed by atoms with Crippen molar-refractivity contribution in [3.8, 4) is 11.1 Å². The normalized spacial score (nSPS) is 11.6. The molecule has 0 bridgehead atoms. The van der Waals surface area contributed by atoms with E-state index in [0.717, 1.165) is 11.6 Å². The van der Waals surface area contributed by atoms with E-state index < -0.39 is 22.8 Å². The van der Waals surface area contributed by atoms with E-state index in [1.54, 1.807) is 42.5 Å². The molecule has 1 N–H and O–H groups in total. The molecule has 164 valence electrons. The van der Waals surface area contributed by atoms with Crippen molar-refractivity contribution in [2.45, 2.75) is 25.8 Å². The number of nitro groups is 1. The molecule has 0 aliphatic carbocycles. The van der Waals surface area contributed by atoms with E-state index >= 15 is 0 Å². The van der Waals surface area contributed by atoms with Gasteiger partial charge in [0.2, 0.25) is 11.9 Å². The molecule has 0 aliphatic heterocycles. The zero-order valence-electron chi connectivity index (χ0n) is 17.2. The molecule has 3 rings (SSSR count). The Balaban J connectivity index is 1.69. The standard InChI is InChI=1S/C24H21FN2O5/c1-15(27(31)32)19-12-11-18(24(29)30)14-22(19)26-23(28)13-8-16-6-9-17(10-7-16)20-4-2-3-5-21(20)25/h2-7,9-12,14-15H,8,13H2,1H3,(H,26,28)(H,29,30)/p-1. The first-order valence-electron chi connectivity index (χ1n) is 9.88. The average Bonchev–Trinajstić information content (AvgIpc) is 2.78. The molecule has 0 saturated carbocycles. The summed E-state index contributed by atoms with van der Waals surface area (Å²) >= 11 is 0. The van der Waals surface area contributed by atoms with Gasteiger partial charge in [-0.2, -0.15) is 0 Å². The van der Waals surface area contributed by atoms with Gasteiger partial charge in [0.05, 0.1) is 11.7 Å². The molecule has 0 spiro atoms. The monoisotopic (exact) mass is 435 g/mol. The Kier molecular flexibility index (Phi) is 6.94. The van der Waals surface area contributed by atoms with Gasteiger partial charge in [0.1, 0.15) is 5.82 Å². The lowest BCUT2D eigenvalue weighted by atomic mass is 10.0. The number of carboxylic acid groups (broad SMARTS) is 1. The highest BCUT2D eigenvalue weighted by molar-refractivity contribution is 5.94. The van der Waals surface area contributed by atoms with Crippen LogP contribution in [-0.4, -0.2) is 16.8 Å². The van der Waals surface area contributed by atoms with Gasteiger partial charge >= 0.3 is 0 Å². The molecule has 1 atom stereocenters. The van der Waals surface area contributed by atoms with E-state index in [0.29, 0.717) is 17.5 Å². The second kappa shape index (κ2) is 9.82. The highest BCUT2D eigenvalue weighted by atomic mass is 19.1. The van der Waals surface area contributed by atoms with Crippen molar-refractivity contribution in [3.63, 3.8) is 0 Å². The number of halogens is 1. The molecule has 1 unspecified atom stereocenters. The first-order valence-corrected chi connectivity index (χ1v) is 9.88. The summed E-state index contributed by atoms with van der Waals surface area (Å²) in [6.07, 6.45) is 0.449. The molecule has 0 aromatic heterocycles. The first kappa shape index (κ1) is 22.6. The predicted octanol–water partition coefficient (Wildman–Crippen LogP) is 3.77. The third-order valence-corrected chi connectivity index (χ3v) is 5.11. The van der Waals surface area contributed by atoms with Crippen molar-refractivity contribution >= 4 is 17.6 Å². The number of aryl methyl sites for hydroxylation is 1. The maximum atomic E-state index is 13.9. The number of benzene rings is 3. The Labute approximate surface area is 183 Å². The lowest BCUT2D eigenvalue weighted by Gasteiger charge is -2.14. The van der Waals surface area contributed by atoms with Gasteiger partial charge in [0.25, 0.3) is 0 Å². The lowest BCUT2D eigenvalue weighted by Crippen LogP contribution is -2.23. The Morgan fingerprint density at radius 2 is 1.75 bits per heavy atom. The number of carbonyl (C=O) groups is 2. The van der Waals surface area contributed by atoms with Crippen LogP contribution in [0, 0.1) is 15.9 Å². The maximum Gasteiger partial charge on any atom is 0.237 e. The number of nitrogens with zero attached hydrogens (tertiary/aromatic N) is 1.